The molecule has 0 amide bonds. The van der Waals surface area contributed by atoms with Crippen LogP contribution in [-0.2, 0) is 11.2 Å². The molecule has 0 radical (unpaired) electrons. The smallest absolute Gasteiger partial charge is 0.343 e. The molecule has 0 saturated heterocycles. The quantitative estimate of drug-likeness (QED) is 0.621. The van der Waals surface area contributed by atoms with E-state index in [-0.39, 0.29) is 16.9 Å². The van der Waals surface area contributed by atoms with Crippen molar-refractivity contribution < 1.29 is 19.1 Å². The molecule has 0 bridgehead atoms. The van der Waals surface area contributed by atoms with E-state index in [0.29, 0.717) is 11.1 Å². The molecular formula is C12H11NO5. The van der Waals surface area contributed by atoms with Gasteiger partial charge in [0.25, 0.3) is 0 Å². The number of carboxylic acid groups (broad SMARTS) is 1. The maximum absolute atomic E-state index is 11.7. The third kappa shape index (κ3) is 1.88. The van der Waals surface area contributed by atoms with Gasteiger partial charge in [-0.3, -0.25) is 4.79 Å². The van der Waals surface area contributed by atoms with Crippen LogP contribution in [0.3, 0.4) is 0 Å². The Balaban J connectivity index is 2.86. The number of anilines is 1. The molecule has 3 N–H and O–H groups in total. The minimum atomic E-state index is -1.14. The van der Waals surface area contributed by atoms with Crippen molar-refractivity contribution in [3.63, 3.8) is 0 Å². The minimum absolute atomic E-state index is 0.0459. The Morgan fingerprint density at radius 1 is 1.50 bits per heavy atom. The van der Waals surface area contributed by atoms with Gasteiger partial charge in [0, 0.05) is 5.69 Å². The van der Waals surface area contributed by atoms with Gasteiger partial charge in [0.2, 0.25) is 0 Å². The van der Waals surface area contributed by atoms with Gasteiger partial charge in [0.1, 0.15) is 11.3 Å². The summed E-state index contributed by atoms with van der Waals surface area (Å²) in [6.45, 7) is 0. The molecule has 6 heteroatoms. The molecule has 0 aliphatic carbocycles. The number of nitrogens with two attached hydrogens (primary N) is 1. The van der Waals surface area contributed by atoms with Crippen LogP contribution in [0.25, 0.3) is 11.0 Å². The van der Waals surface area contributed by atoms with Crippen molar-refractivity contribution in [1.82, 2.24) is 0 Å². The van der Waals surface area contributed by atoms with Crippen LogP contribution < -0.4 is 16.1 Å². The lowest BCUT2D eigenvalue weighted by Gasteiger charge is -2.10. The van der Waals surface area contributed by atoms with Gasteiger partial charge in [0.15, 0.2) is 0 Å². The van der Waals surface area contributed by atoms with Crippen molar-refractivity contribution >= 4 is 22.6 Å². The van der Waals surface area contributed by atoms with Crippen LogP contribution in [0.5, 0.6) is 5.75 Å². The second-order valence-electron chi connectivity index (χ2n) is 3.69. The summed E-state index contributed by atoms with van der Waals surface area (Å²) < 4.78 is 10.2. The SMILES string of the molecule is COc1c(CC(=O)O)c(=O)oc2cccc(N)c12. The highest BCUT2D eigenvalue weighted by molar-refractivity contribution is 5.95. The summed E-state index contributed by atoms with van der Waals surface area (Å²) in [5.41, 5.74) is 5.65. The molecule has 0 atom stereocenters. The van der Waals surface area contributed by atoms with Crippen LogP contribution >= 0.6 is 0 Å². The molecule has 18 heavy (non-hydrogen) atoms. The van der Waals surface area contributed by atoms with Crippen LogP contribution in [0.15, 0.2) is 27.4 Å². The van der Waals surface area contributed by atoms with E-state index in [1.165, 1.54) is 7.11 Å². The fourth-order valence-electron chi connectivity index (χ4n) is 1.81. The minimum Gasteiger partial charge on any atom is -0.495 e. The van der Waals surface area contributed by atoms with Crippen molar-refractivity contribution in [2.75, 3.05) is 12.8 Å². The number of carbonyl (C=O) groups is 1. The van der Waals surface area contributed by atoms with Gasteiger partial charge in [-0.15, -0.1) is 0 Å². The molecule has 0 aliphatic rings. The fraction of sp³-hybridized carbons (Fsp3) is 0.167. The molecule has 0 saturated carbocycles. The average Bonchev–Trinajstić information content (AvgIpc) is 2.30. The van der Waals surface area contributed by atoms with E-state index in [1.807, 2.05) is 0 Å². The van der Waals surface area contributed by atoms with E-state index in [0.717, 1.165) is 0 Å². The number of nitrogen functional groups attached to an aromatic ring is 1. The van der Waals surface area contributed by atoms with E-state index in [1.54, 1.807) is 18.2 Å². The third-order valence-electron chi connectivity index (χ3n) is 2.54. The first-order valence-electron chi connectivity index (χ1n) is 5.14. The zero-order chi connectivity index (χ0) is 13.3. The van der Waals surface area contributed by atoms with Gasteiger partial charge >= 0.3 is 11.6 Å². The molecule has 0 aliphatic heterocycles. The van der Waals surface area contributed by atoms with Crippen LogP contribution in [-0.4, -0.2) is 18.2 Å². The Hall–Kier alpha value is -2.50. The molecular weight excluding hydrogens is 238 g/mol. The summed E-state index contributed by atoms with van der Waals surface area (Å²) in [6, 6.07) is 4.83. The predicted octanol–water partition coefficient (Wildman–Crippen LogP) is 1.01. The molecule has 6 nitrogen and oxygen atoms in total. The van der Waals surface area contributed by atoms with Crippen LogP contribution in [0, 0.1) is 0 Å². The Kier molecular flexibility index (Phi) is 2.93. The number of fused-ring (bicyclic) bond motifs is 1. The van der Waals surface area contributed by atoms with E-state index < -0.39 is 18.0 Å². The summed E-state index contributed by atoms with van der Waals surface area (Å²) in [6.07, 6.45) is -0.476. The van der Waals surface area contributed by atoms with E-state index in [9.17, 15) is 9.59 Å². The number of hydrogen-bond donors (Lipinski definition) is 2. The fourth-order valence-corrected chi connectivity index (χ4v) is 1.81. The van der Waals surface area contributed by atoms with Crippen molar-refractivity contribution in [2.24, 2.45) is 0 Å². The number of carboxylic acids is 1. The Morgan fingerprint density at radius 2 is 2.22 bits per heavy atom. The zero-order valence-corrected chi connectivity index (χ0v) is 9.60. The topological polar surface area (TPSA) is 103 Å². The predicted molar refractivity (Wildman–Crippen MR) is 64.8 cm³/mol. The first-order chi connectivity index (χ1) is 8.54. The molecule has 0 fully saturated rings. The highest BCUT2D eigenvalue weighted by Crippen LogP contribution is 2.32. The van der Waals surface area contributed by atoms with Gasteiger partial charge < -0.3 is 20.0 Å². The molecule has 2 aromatic rings. The lowest BCUT2D eigenvalue weighted by atomic mass is 10.1. The molecule has 1 aromatic heterocycles. The van der Waals surface area contributed by atoms with Crippen molar-refractivity contribution in [3.8, 4) is 5.75 Å². The Bertz CT molecular complexity index is 674. The van der Waals surface area contributed by atoms with E-state index in [4.69, 9.17) is 20.0 Å². The van der Waals surface area contributed by atoms with Crippen molar-refractivity contribution in [3.05, 3.63) is 34.2 Å². The molecule has 1 heterocycles. The molecule has 1 aromatic carbocycles. The highest BCUT2D eigenvalue weighted by Gasteiger charge is 2.19. The number of methoxy groups -OCH3 is 1. The second kappa shape index (κ2) is 4.40. The second-order valence-corrected chi connectivity index (χ2v) is 3.69. The summed E-state index contributed by atoms with van der Waals surface area (Å²) in [5.74, 6) is -0.990. The summed E-state index contributed by atoms with van der Waals surface area (Å²) in [7, 11) is 1.35. The maximum atomic E-state index is 11.7. The zero-order valence-electron chi connectivity index (χ0n) is 9.60. The van der Waals surface area contributed by atoms with Crippen LogP contribution in [0.2, 0.25) is 0 Å². The summed E-state index contributed by atoms with van der Waals surface area (Å²) in [5, 5.41) is 9.20. The lowest BCUT2D eigenvalue weighted by molar-refractivity contribution is -0.136. The highest BCUT2D eigenvalue weighted by atomic mass is 16.5. The van der Waals surface area contributed by atoms with Crippen molar-refractivity contribution in [1.29, 1.82) is 0 Å². The number of benzene rings is 1. The monoisotopic (exact) mass is 249 g/mol. The largest absolute Gasteiger partial charge is 0.495 e. The van der Waals surface area contributed by atoms with E-state index in [2.05, 4.69) is 0 Å². The summed E-state index contributed by atoms with van der Waals surface area (Å²) >= 11 is 0. The number of ether oxygens (including phenoxy) is 1. The lowest BCUT2D eigenvalue weighted by Crippen LogP contribution is -2.15. The number of hydrogen-bond acceptors (Lipinski definition) is 5. The van der Waals surface area contributed by atoms with Gasteiger partial charge in [-0.25, -0.2) is 4.79 Å². The Labute approximate surface area is 102 Å². The van der Waals surface area contributed by atoms with Gasteiger partial charge in [-0.05, 0) is 12.1 Å². The van der Waals surface area contributed by atoms with Gasteiger partial charge in [-0.1, -0.05) is 6.07 Å². The molecule has 0 spiro atoms. The third-order valence-corrected chi connectivity index (χ3v) is 2.54. The maximum Gasteiger partial charge on any atom is 0.343 e. The van der Waals surface area contributed by atoms with Crippen LogP contribution in [0.4, 0.5) is 5.69 Å². The molecule has 94 valence electrons. The number of aliphatic carboxylic acids is 1. The number of rotatable bonds is 3. The molecule has 0 unspecified atom stereocenters. The Morgan fingerprint density at radius 3 is 2.83 bits per heavy atom. The summed E-state index contributed by atoms with van der Waals surface area (Å²) in [4.78, 5) is 22.5. The molecule has 2 rings (SSSR count). The normalized spacial score (nSPS) is 10.5. The van der Waals surface area contributed by atoms with Crippen LogP contribution in [0.1, 0.15) is 5.56 Å². The van der Waals surface area contributed by atoms with Gasteiger partial charge in [0.05, 0.1) is 24.5 Å². The van der Waals surface area contributed by atoms with Gasteiger partial charge in [-0.2, -0.15) is 0 Å². The first kappa shape index (κ1) is 12.0. The van der Waals surface area contributed by atoms with Crippen molar-refractivity contribution in [2.45, 2.75) is 6.42 Å². The first-order valence-corrected chi connectivity index (χ1v) is 5.14. The standard InChI is InChI=1S/C12H11NO5/c1-17-11-6(5-9(14)15)12(16)18-8-4-2-3-7(13)10(8)11/h2-4H,5,13H2,1H3,(H,14,15). The van der Waals surface area contributed by atoms with E-state index >= 15 is 0 Å². The average molecular weight is 249 g/mol.